The highest BCUT2D eigenvalue weighted by Gasteiger charge is 2.18. The lowest BCUT2D eigenvalue weighted by Crippen LogP contribution is -2.33. The zero-order chi connectivity index (χ0) is 10.4. The Hall–Kier alpha value is -0.0800. The third-order valence-electron chi connectivity index (χ3n) is 2.96. The SMILES string of the molecule is CCN(CCC(C)C)CC1CCCO1. The van der Waals surface area contributed by atoms with Gasteiger partial charge in [0.25, 0.3) is 0 Å². The quantitative estimate of drug-likeness (QED) is 0.652. The van der Waals surface area contributed by atoms with Crippen LogP contribution in [0.4, 0.5) is 0 Å². The first-order chi connectivity index (χ1) is 6.72. The second-order valence-electron chi connectivity index (χ2n) is 4.71. The van der Waals surface area contributed by atoms with Crippen molar-refractivity contribution in [3.8, 4) is 0 Å². The first-order valence-corrected chi connectivity index (χ1v) is 6.06. The van der Waals surface area contributed by atoms with E-state index in [0.29, 0.717) is 6.10 Å². The van der Waals surface area contributed by atoms with Crippen molar-refractivity contribution in [2.24, 2.45) is 5.92 Å². The molecule has 2 heteroatoms. The lowest BCUT2D eigenvalue weighted by molar-refractivity contribution is 0.0734. The standard InChI is InChI=1S/C12H25NO/c1-4-13(8-7-11(2)3)10-12-6-5-9-14-12/h11-12H,4-10H2,1-3H3. The molecule has 0 aliphatic carbocycles. The third kappa shape index (κ3) is 4.43. The molecule has 2 nitrogen and oxygen atoms in total. The van der Waals surface area contributed by atoms with Crippen LogP contribution in [0.5, 0.6) is 0 Å². The Morgan fingerprint density at radius 2 is 2.21 bits per heavy atom. The van der Waals surface area contributed by atoms with Crippen molar-refractivity contribution in [1.29, 1.82) is 0 Å². The molecule has 0 radical (unpaired) electrons. The largest absolute Gasteiger partial charge is 0.377 e. The van der Waals surface area contributed by atoms with Crippen LogP contribution in [0.3, 0.4) is 0 Å². The Kier molecular flexibility index (Phi) is 5.49. The molecule has 1 aliphatic rings. The topological polar surface area (TPSA) is 12.5 Å². The molecule has 1 aliphatic heterocycles. The van der Waals surface area contributed by atoms with Gasteiger partial charge in [0.2, 0.25) is 0 Å². The molecule has 0 aromatic heterocycles. The molecule has 0 N–H and O–H groups in total. The number of likely N-dealkylation sites (N-methyl/N-ethyl adjacent to an activating group) is 1. The van der Waals surface area contributed by atoms with Crippen LogP contribution in [-0.4, -0.2) is 37.2 Å². The van der Waals surface area contributed by atoms with Gasteiger partial charge in [-0.15, -0.1) is 0 Å². The van der Waals surface area contributed by atoms with Gasteiger partial charge in [-0.25, -0.2) is 0 Å². The van der Waals surface area contributed by atoms with E-state index in [4.69, 9.17) is 4.74 Å². The lowest BCUT2D eigenvalue weighted by Gasteiger charge is -2.24. The zero-order valence-corrected chi connectivity index (χ0v) is 9.96. The van der Waals surface area contributed by atoms with Crippen molar-refractivity contribution in [2.75, 3.05) is 26.2 Å². The number of ether oxygens (including phenoxy) is 1. The van der Waals surface area contributed by atoms with Gasteiger partial charge in [-0.1, -0.05) is 20.8 Å². The molecule has 1 fully saturated rings. The molecule has 0 bridgehead atoms. The van der Waals surface area contributed by atoms with Crippen molar-refractivity contribution < 1.29 is 4.74 Å². The number of hydrogen-bond acceptors (Lipinski definition) is 2. The van der Waals surface area contributed by atoms with E-state index >= 15 is 0 Å². The van der Waals surface area contributed by atoms with Gasteiger partial charge in [0.05, 0.1) is 6.10 Å². The molecule has 0 aromatic carbocycles. The van der Waals surface area contributed by atoms with E-state index in [-0.39, 0.29) is 0 Å². The molecule has 84 valence electrons. The van der Waals surface area contributed by atoms with Crippen LogP contribution in [0.25, 0.3) is 0 Å². The van der Waals surface area contributed by atoms with Gasteiger partial charge < -0.3 is 9.64 Å². The van der Waals surface area contributed by atoms with Crippen LogP contribution in [0, 0.1) is 5.92 Å². The van der Waals surface area contributed by atoms with Crippen LogP contribution in [0.2, 0.25) is 0 Å². The van der Waals surface area contributed by atoms with E-state index in [0.717, 1.165) is 25.6 Å². The predicted octanol–water partition coefficient (Wildman–Crippen LogP) is 2.53. The number of rotatable bonds is 6. The summed E-state index contributed by atoms with van der Waals surface area (Å²) in [5.41, 5.74) is 0. The van der Waals surface area contributed by atoms with Gasteiger partial charge in [0.1, 0.15) is 0 Å². The molecular weight excluding hydrogens is 174 g/mol. The predicted molar refractivity (Wildman–Crippen MR) is 60.5 cm³/mol. The lowest BCUT2D eigenvalue weighted by atomic mass is 10.1. The molecule has 14 heavy (non-hydrogen) atoms. The second kappa shape index (κ2) is 6.41. The molecule has 1 atom stereocenters. The summed E-state index contributed by atoms with van der Waals surface area (Å²) < 4.78 is 5.65. The smallest absolute Gasteiger partial charge is 0.0702 e. The molecule has 1 unspecified atom stereocenters. The average molecular weight is 199 g/mol. The van der Waals surface area contributed by atoms with Crippen molar-refractivity contribution >= 4 is 0 Å². The summed E-state index contributed by atoms with van der Waals surface area (Å²) in [5.74, 6) is 0.813. The summed E-state index contributed by atoms with van der Waals surface area (Å²) in [6.07, 6.45) is 4.34. The third-order valence-corrected chi connectivity index (χ3v) is 2.96. The summed E-state index contributed by atoms with van der Waals surface area (Å²) in [6.45, 7) is 11.3. The molecule has 0 aromatic rings. The fraction of sp³-hybridized carbons (Fsp3) is 1.00. The highest BCUT2D eigenvalue weighted by molar-refractivity contribution is 4.70. The number of hydrogen-bond donors (Lipinski definition) is 0. The molecule has 0 spiro atoms. The molecule has 0 amide bonds. The fourth-order valence-electron chi connectivity index (χ4n) is 1.90. The zero-order valence-electron chi connectivity index (χ0n) is 9.96. The minimum Gasteiger partial charge on any atom is -0.377 e. The summed E-state index contributed by atoms with van der Waals surface area (Å²) >= 11 is 0. The van der Waals surface area contributed by atoms with E-state index in [1.165, 1.54) is 25.8 Å². The summed E-state index contributed by atoms with van der Waals surface area (Å²) in [5, 5.41) is 0. The Labute approximate surface area is 88.6 Å². The van der Waals surface area contributed by atoms with E-state index in [9.17, 15) is 0 Å². The Bertz CT molecular complexity index is 141. The van der Waals surface area contributed by atoms with Crippen molar-refractivity contribution in [2.45, 2.75) is 46.1 Å². The molecular formula is C12H25NO. The highest BCUT2D eigenvalue weighted by atomic mass is 16.5. The van der Waals surface area contributed by atoms with E-state index in [2.05, 4.69) is 25.7 Å². The summed E-state index contributed by atoms with van der Waals surface area (Å²) in [6, 6.07) is 0. The van der Waals surface area contributed by atoms with Gasteiger partial charge in [0, 0.05) is 13.2 Å². The normalized spacial score (nSPS) is 22.5. The van der Waals surface area contributed by atoms with Crippen molar-refractivity contribution in [3.05, 3.63) is 0 Å². The van der Waals surface area contributed by atoms with E-state index in [1.54, 1.807) is 0 Å². The molecule has 0 saturated carbocycles. The molecule has 1 rings (SSSR count). The van der Waals surface area contributed by atoms with E-state index < -0.39 is 0 Å². The maximum Gasteiger partial charge on any atom is 0.0702 e. The second-order valence-corrected chi connectivity index (χ2v) is 4.71. The molecule has 1 heterocycles. The highest BCUT2D eigenvalue weighted by Crippen LogP contribution is 2.13. The Balaban J connectivity index is 2.16. The summed E-state index contributed by atoms with van der Waals surface area (Å²) in [4.78, 5) is 2.52. The van der Waals surface area contributed by atoms with E-state index in [1.807, 2.05) is 0 Å². The van der Waals surface area contributed by atoms with Crippen molar-refractivity contribution in [1.82, 2.24) is 4.90 Å². The van der Waals surface area contributed by atoms with Crippen molar-refractivity contribution in [3.63, 3.8) is 0 Å². The average Bonchev–Trinajstić information content (AvgIpc) is 2.64. The minimum absolute atomic E-state index is 0.516. The van der Waals surface area contributed by atoms with Gasteiger partial charge in [-0.3, -0.25) is 0 Å². The van der Waals surface area contributed by atoms with Gasteiger partial charge in [0.15, 0.2) is 0 Å². The van der Waals surface area contributed by atoms with Crippen LogP contribution < -0.4 is 0 Å². The maximum atomic E-state index is 5.65. The van der Waals surface area contributed by atoms with Gasteiger partial charge in [-0.2, -0.15) is 0 Å². The minimum atomic E-state index is 0.516. The number of nitrogens with zero attached hydrogens (tertiary/aromatic N) is 1. The van der Waals surface area contributed by atoms with Crippen LogP contribution in [0.15, 0.2) is 0 Å². The summed E-state index contributed by atoms with van der Waals surface area (Å²) in [7, 11) is 0. The first kappa shape index (κ1) is 12.0. The fourth-order valence-corrected chi connectivity index (χ4v) is 1.90. The Morgan fingerprint density at radius 1 is 1.43 bits per heavy atom. The first-order valence-electron chi connectivity index (χ1n) is 6.06. The Morgan fingerprint density at radius 3 is 2.71 bits per heavy atom. The maximum absolute atomic E-state index is 5.65. The van der Waals surface area contributed by atoms with Crippen LogP contribution >= 0.6 is 0 Å². The van der Waals surface area contributed by atoms with Gasteiger partial charge >= 0.3 is 0 Å². The van der Waals surface area contributed by atoms with Crippen LogP contribution in [0.1, 0.15) is 40.0 Å². The molecule has 1 saturated heterocycles. The monoisotopic (exact) mass is 199 g/mol. The van der Waals surface area contributed by atoms with Crippen LogP contribution in [-0.2, 0) is 4.74 Å². The van der Waals surface area contributed by atoms with Gasteiger partial charge in [-0.05, 0) is 38.3 Å².